The zero-order valence-electron chi connectivity index (χ0n) is 9.61. The third-order valence-corrected chi connectivity index (χ3v) is 4.44. The molecule has 1 atom stereocenters. The molecule has 16 heavy (non-hydrogen) atoms. The van der Waals surface area contributed by atoms with Crippen LogP contribution in [0.1, 0.15) is 49.3 Å². The van der Waals surface area contributed by atoms with E-state index in [1.165, 1.54) is 49.7 Å². The first-order valence-electron chi connectivity index (χ1n) is 6.15. The standard InChI is InChI=1S/C14H19N.ClH/c15-13-12-7-3-2-6-11(12)10-14(13)8-4-1-5-9-14;/h2-3,6-7,13H,1,4-5,8-10,15H2;1H. The van der Waals surface area contributed by atoms with Crippen LogP contribution in [0.4, 0.5) is 0 Å². The maximum atomic E-state index is 6.46. The quantitative estimate of drug-likeness (QED) is 0.733. The van der Waals surface area contributed by atoms with E-state index in [1.54, 1.807) is 0 Å². The smallest absolute Gasteiger partial charge is 0.0358 e. The number of hydrogen-bond donors (Lipinski definition) is 1. The van der Waals surface area contributed by atoms with Gasteiger partial charge in [-0.05, 0) is 35.8 Å². The number of benzene rings is 1. The molecule has 0 aromatic heterocycles. The lowest BCUT2D eigenvalue weighted by Gasteiger charge is -2.37. The molecule has 1 aromatic rings. The van der Waals surface area contributed by atoms with E-state index in [9.17, 15) is 0 Å². The molecule has 0 aliphatic heterocycles. The van der Waals surface area contributed by atoms with Crippen molar-refractivity contribution in [2.45, 2.75) is 44.6 Å². The molecule has 1 saturated carbocycles. The van der Waals surface area contributed by atoms with Gasteiger partial charge in [0, 0.05) is 6.04 Å². The van der Waals surface area contributed by atoms with Crippen LogP contribution in [-0.4, -0.2) is 0 Å². The van der Waals surface area contributed by atoms with Crippen LogP contribution >= 0.6 is 12.4 Å². The Morgan fingerprint density at radius 1 is 1.06 bits per heavy atom. The maximum Gasteiger partial charge on any atom is 0.0358 e. The van der Waals surface area contributed by atoms with Crippen LogP contribution in [0.3, 0.4) is 0 Å². The lowest BCUT2D eigenvalue weighted by Crippen LogP contribution is -2.33. The average molecular weight is 238 g/mol. The number of halogens is 1. The molecule has 0 bridgehead atoms. The van der Waals surface area contributed by atoms with Gasteiger partial charge in [0.25, 0.3) is 0 Å². The van der Waals surface area contributed by atoms with Crippen LogP contribution in [-0.2, 0) is 6.42 Å². The number of hydrogen-bond acceptors (Lipinski definition) is 1. The first-order chi connectivity index (χ1) is 7.32. The van der Waals surface area contributed by atoms with E-state index < -0.39 is 0 Å². The molecule has 2 heteroatoms. The van der Waals surface area contributed by atoms with Crippen molar-refractivity contribution < 1.29 is 0 Å². The van der Waals surface area contributed by atoms with E-state index in [0.717, 1.165) is 0 Å². The molecule has 1 unspecified atom stereocenters. The van der Waals surface area contributed by atoms with Gasteiger partial charge in [0.05, 0.1) is 0 Å². The second-order valence-corrected chi connectivity index (χ2v) is 5.28. The monoisotopic (exact) mass is 237 g/mol. The summed E-state index contributed by atoms with van der Waals surface area (Å²) in [5.74, 6) is 0. The highest BCUT2D eigenvalue weighted by atomic mass is 35.5. The first-order valence-corrected chi connectivity index (χ1v) is 6.15. The fourth-order valence-electron chi connectivity index (χ4n) is 3.56. The molecular weight excluding hydrogens is 218 g/mol. The molecule has 1 nitrogen and oxygen atoms in total. The van der Waals surface area contributed by atoms with Gasteiger partial charge < -0.3 is 5.73 Å². The summed E-state index contributed by atoms with van der Waals surface area (Å²) in [6.45, 7) is 0. The molecule has 2 N–H and O–H groups in total. The molecule has 2 aliphatic rings. The van der Waals surface area contributed by atoms with E-state index >= 15 is 0 Å². The normalized spacial score (nSPS) is 26.2. The Balaban J connectivity index is 0.000000963. The highest BCUT2D eigenvalue weighted by molar-refractivity contribution is 5.85. The fraction of sp³-hybridized carbons (Fsp3) is 0.571. The zero-order valence-corrected chi connectivity index (χ0v) is 10.4. The van der Waals surface area contributed by atoms with Crippen molar-refractivity contribution in [1.29, 1.82) is 0 Å². The highest BCUT2D eigenvalue weighted by Crippen LogP contribution is 2.52. The summed E-state index contributed by atoms with van der Waals surface area (Å²) in [4.78, 5) is 0. The summed E-state index contributed by atoms with van der Waals surface area (Å²) in [5, 5.41) is 0. The van der Waals surface area contributed by atoms with E-state index in [4.69, 9.17) is 5.73 Å². The number of rotatable bonds is 0. The SMILES string of the molecule is Cl.NC1c2ccccc2CC12CCCCC2. The summed E-state index contributed by atoms with van der Waals surface area (Å²) in [6, 6.07) is 9.06. The van der Waals surface area contributed by atoms with E-state index in [-0.39, 0.29) is 12.4 Å². The van der Waals surface area contributed by atoms with Crippen LogP contribution in [0.2, 0.25) is 0 Å². The van der Waals surface area contributed by atoms with Crippen LogP contribution in [0.15, 0.2) is 24.3 Å². The van der Waals surface area contributed by atoms with Gasteiger partial charge in [0.1, 0.15) is 0 Å². The average Bonchev–Trinajstić information content (AvgIpc) is 2.54. The van der Waals surface area contributed by atoms with Crippen molar-refractivity contribution in [3.63, 3.8) is 0 Å². The third-order valence-electron chi connectivity index (χ3n) is 4.44. The first kappa shape index (κ1) is 11.9. The largest absolute Gasteiger partial charge is 0.323 e. The van der Waals surface area contributed by atoms with Gasteiger partial charge in [-0.1, -0.05) is 43.5 Å². The van der Waals surface area contributed by atoms with Crippen LogP contribution < -0.4 is 5.73 Å². The predicted molar refractivity (Wildman–Crippen MR) is 69.8 cm³/mol. The van der Waals surface area contributed by atoms with Crippen molar-refractivity contribution in [1.82, 2.24) is 0 Å². The van der Waals surface area contributed by atoms with Crippen molar-refractivity contribution >= 4 is 12.4 Å². The predicted octanol–water partition coefficient (Wildman–Crippen LogP) is 3.61. The van der Waals surface area contributed by atoms with E-state index in [1.807, 2.05) is 0 Å². The number of fused-ring (bicyclic) bond motifs is 1. The Bertz CT molecular complexity index is 369. The molecule has 2 aliphatic carbocycles. The van der Waals surface area contributed by atoms with Crippen LogP contribution in [0.25, 0.3) is 0 Å². The van der Waals surface area contributed by atoms with Gasteiger partial charge in [-0.2, -0.15) is 0 Å². The number of nitrogens with two attached hydrogens (primary N) is 1. The van der Waals surface area contributed by atoms with Crippen molar-refractivity contribution in [3.8, 4) is 0 Å². The minimum atomic E-state index is 0. The van der Waals surface area contributed by atoms with Crippen LogP contribution in [0, 0.1) is 5.41 Å². The summed E-state index contributed by atoms with van der Waals surface area (Å²) in [6.07, 6.45) is 8.06. The lowest BCUT2D eigenvalue weighted by molar-refractivity contribution is 0.162. The van der Waals surface area contributed by atoms with E-state index in [2.05, 4.69) is 24.3 Å². The molecule has 0 radical (unpaired) electrons. The zero-order chi connectivity index (χ0) is 10.3. The molecule has 0 saturated heterocycles. The third kappa shape index (κ3) is 1.66. The Labute approximate surface area is 104 Å². The van der Waals surface area contributed by atoms with Gasteiger partial charge in [-0.15, -0.1) is 12.4 Å². The van der Waals surface area contributed by atoms with Crippen molar-refractivity contribution in [2.24, 2.45) is 11.1 Å². The molecule has 1 fully saturated rings. The van der Waals surface area contributed by atoms with Gasteiger partial charge in [-0.25, -0.2) is 0 Å². The van der Waals surface area contributed by atoms with Crippen LogP contribution in [0.5, 0.6) is 0 Å². The Kier molecular flexibility index (Phi) is 3.27. The summed E-state index contributed by atoms with van der Waals surface area (Å²) < 4.78 is 0. The van der Waals surface area contributed by atoms with E-state index in [0.29, 0.717) is 11.5 Å². The van der Waals surface area contributed by atoms with Gasteiger partial charge in [-0.3, -0.25) is 0 Å². The fourth-order valence-corrected chi connectivity index (χ4v) is 3.56. The van der Waals surface area contributed by atoms with Gasteiger partial charge in [0.15, 0.2) is 0 Å². The molecule has 3 rings (SSSR count). The van der Waals surface area contributed by atoms with Crippen molar-refractivity contribution in [3.05, 3.63) is 35.4 Å². The molecule has 1 spiro atoms. The lowest BCUT2D eigenvalue weighted by atomic mass is 9.70. The Morgan fingerprint density at radius 2 is 1.75 bits per heavy atom. The topological polar surface area (TPSA) is 26.0 Å². The second kappa shape index (κ2) is 4.38. The molecular formula is C14H20ClN. The molecule has 1 aromatic carbocycles. The molecule has 0 amide bonds. The molecule has 0 heterocycles. The summed E-state index contributed by atoms with van der Waals surface area (Å²) >= 11 is 0. The Hall–Kier alpha value is -0.530. The summed E-state index contributed by atoms with van der Waals surface area (Å²) in [7, 11) is 0. The maximum absolute atomic E-state index is 6.46. The summed E-state index contributed by atoms with van der Waals surface area (Å²) in [5.41, 5.74) is 9.80. The highest BCUT2D eigenvalue weighted by Gasteiger charge is 2.44. The Morgan fingerprint density at radius 3 is 2.44 bits per heavy atom. The minimum absolute atomic E-state index is 0. The van der Waals surface area contributed by atoms with Gasteiger partial charge >= 0.3 is 0 Å². The minimum Gasteiger partial charge on any atom is -0.323 e. The van der Waals surface area contributed by atoms with Crippen molar-refractivity contribution in [2.75, 3.05) is 0 Å². The molecule has 88 valence electrons. The van der Waals surface area contributed by atoms with Gasteiger partial charge in [0.2, 0.25) is 0 Å². The second-order valence-electron chi connectivity index (χ2n) is 5.28.